The SMILES string of the molecule is CN(CCCN1C(=O)c2ccccc2C1=O)CC(=O)O. The second-order valence-corrected chi connectivity index (χ2v) is 4.79. The zero-order chi connectivity index (χ0) is 14.7. The predicted molar refractivity (Wildman–Crippen MR) is 71.6 cm³/mol. The number of nitrogens with zero attached hydrogens (tertiary/aromatic N) is 2. The molecule has 106 valence electrons. The average Bonchev–Trinajstić information content (AvgIpc) is 2.63. The van der Waals surface area contributed by atoms with E-state index in [0.29, 0.717) is 30.6 Å². The molecule has 0 spiro atoms. The number of carboxylic acids is 1. The molecule has 0 bridgehead atoms. The van der Waals surface area contributed by atoms with Crippen LogP contribution in [0.2, 0.25) is 0 Å². The molecule has 2 amide bonds. The quantitative estimate of drug-likeness (QED) is 0.773. The number of fused-ring (bicyclic) bond motifs is 1. The molecule has 1 N–H and O–H groups in total. The van der Waals surface area contributed by atoms with E-state index in [0.717, 1.165) is 0 Å². The van der Waals surface area contributed by atoms with Crippen molar-refractivity contribution < 1.29 is 19.5 Å². The fourth-order valence-electron chi connectivity index (χ4n) is 2.25. The lowest BCUT2D eigenvalue weighted by atomic mass is 10.1. The number of imide groups is 1. The maximum Gasteiger partial charge on any atom is 0.317 e. The Labute approximate surface area is 116 Å². The van der Waals surface area contributed by atoms with Gasteiger partial charge in [-0.25, -0.2) is 0 Å². The summed E-state index contributed by atoms with van der Waals surface area (Å²) >= 11 is 0. The minimum absolute atomic E-state index is 0.0535. The number of carbonyl (C=O) groups is 3. The van der Waals surface area contributed by atoms with Crippen LogP contribution in [0.5, 0.6) is 0 Å². The van der Waals surface area contributed by atoms with Crippen LogP contribution < -0.4 is 0 Å². The van der Waals surface area contributed by atoms with Gasteiger partial charge in [-0.15, -0.1) is 0 Å². The monoisotopic (exact) mass is 276 g/mol. The van der Waals surface area contributed by atoms with Crippen LogP contribution in [0, 0.1) is 0 Å². The van der Waals surface area contributed by atoms with Gasteiger partial charge in [-0.1, -0.05) is 12.1 Å². The van der Waals surface area contributed by atoms with Crippen LogP contribution in [0.15, 0.2) is 24.3 Å². The van der Waals surface area contributed by atoms with Crippen molar-refractivity contribution in [1.29, 1.82) is 0 Å². The molecule has 0 saturated carbocycles. The van der Waals surface area contributed by atoms with E-state index in [-0.39, 0.29) is 18.4 Å². The van der Waals surface area contributed by atoms with Crippen molar-refractivity contribution in [2.24, 2.45) is 0 Å². The summed E-state index contributed by atoms with van der Waals surface area (Å²) in [6.45, 7) is 0.762. The molecule has 1 heterocycles. The van der Waals surface area contributed by atoms with Gasteiger partial charge >= 0.3 is 5.97 Å². The predicted octanol–water partition coefficient (Wildman–Crippen LogP) is 0.689. The van der Waals surface area contributed by atoms with Crippen molar-refractivity contribution in [2.45, 2.75) is 6.42 Å². The highest BCUT2D eigenvalue weighted by molar-refractivity contribution is 6.21. The molecule has 1 aromatic rings. The summed E-state index contributed by atoms with van der Waals surface area (Å²) in [5.74, 6) is -1.44. The molecule has 1 aliphatic rings. The van der Waals surface area contributed by atoms with E-state index in [1.54, 1.807) is 36.2 Å². The highest BCUT2D eigenvalue weighted by Crippen LogP contribution is 2.22. The van der Waals surface area contributed by atoms with Gasteiger partial charge in [-0.2, -0.15) is 0 Å². The van der Waals surface area contributed by atoms with E-state index in [2.05, 4.69) is 0 Å². The van der Waals surface area contributed by atoms with E-state index < -0.39 is 5.97 Å². The fraction of sp³-hybridized carbons (Fsp3) is 0.357. The third kappa shape index (κ3) is 2.85. The Morgan fingerprint density at radius 2 is 1.75 bits per heavy atom. The van der Waals surface area contributed by atoms with Crippen LogP contribution in [0.1, 0.15) is 27.1 Å². The van der Waals surface area contributed by atoms with Crippen molar-refractivity contribution in [1.82, 2.24) is 9.80 Å². The number of rotatable bonds is 6. The summed E-state index contributed by atoms with van der Waals surface area (Å²) in [5.41, 5.74) is 0.882. The Bertz CT molecular complexity index is 521. The van der Waals surface area contributed by atoms with Gasteiger partial charge in [0.05, 0.1) is 17.7 Å². The van der Waals surface area contributed by atoms with E-state index in [9.17, 15) is 14.4 Å². The number of carbonyl (C=O) groups excluding carboxylic acids is 2. The number of aliphatic carboxylic acids is 1. The number of hydrogen-bond donors (Lipinski definition) is 1. The Balaban J connectivity index is 1.91. The number of carboxylic acid groups (broad SMARTS) is 1. The zero-order valence-corrected chi connectivity index (χ0v) is 11.2. The van der Waals surface area contributed by atoms with E-state index >= 15 is 0 Å². The Morgan fingerprint density at radius 3 is 2.25 bits per heavy atom. The molecule has 1 aromatic carbocycles. The topological polar surface area (TPSA) is 77.9 Å². The third-order valence-electron chi connectivity index (χ3n) is 3.20. The van der Waals surface area contributed by atoms with Crippen LogP contribution in [-0.4, -0.2) is 59.4 Å². The molecule has 0 aromatic heterocycles. The molecule has 0 saturated heterocycles. The van der Waals surface area contributed by atoms with Crippen molar-refractivity contribution in [3.05, 3.63) is 35.4 Å². The molecule has 0 radical (unpaired) electrons. The smallest absolute Gasteiger partial charge is 0.317 e. The first-order valence-electron chi connectivity index (χ1n) is 6.36. The first kappa shape index (κ1) is 14.2. The van der Waals surface area contributed by atoms with Gasteiger partial charge in [0.1, 0.15) is 0 Å². The minimum Gasteiger partial charge on any atom is -0.480 e. The second kappa shape index (κ2) is 5.83. The van der Waals surface area contributed by atoms with Crippen LogP contribution >= 0.6 is 0 Å². The van der Waals surface area contributed by atoms with E-state index in [1.807, 2.05) is 0 Å². The molecular weight excluding hydrogens is 260 g/mol. The Morgan fingerprint density at radius 1 is 1.20 bits per heavy atom. The van der Waals surface area contributed by atoms with Crippen LogP contribution in [0.4, 0.5) is 0 Å². The molecule has 0 fully saturated rings. The molecule has 0 unspecified atom stereocenters. The average molecular weight is 276 g/mol. The lowest BCUT2D eigenvalue weighted by molar-refractivity contribution is -0.138. The van der Waals surface area contributed by atoms with Gasteiger partial charge in [0.15, 0.2) is 0 Å². The van der Waals surface area contributed by atoms with Gasteiger partial charge in [-0.05, 0) is 25.6 Å². The normalized spacial score (nSPS) is 14.0. The van der Waals surface area contributed by atoms with Crippen molar-refractivity contribution in [2.75, 3.05) is 26.7 Å². The zero-order valence-electron chi connectivity index (χ0n) is 11.2. The lowest BCUT2D eigenvalue weighted by Gasteiger charge is -2.17. The van der Waals surface area contributed by atoms with Crippen molar-refractivity contribution in [3.63, 3.8) is 0 Å². The maximum atomic E-state index is 12.1. The standard InChI is InChI=1S/C14H16N2O4/c1-15(9-12(17)18)7-4-8-16-13(19)10-5-2-3-6-11(10)14(16)20/h2-3,5-6H,4,7-9H2,1H3,(H,17,18). The highest BCUT2D eigenvalue weighted by atomic mass is 16.4. The summed E-state index contributed by atoms with van der Waals surface area (Å²) in [5, 5.41) is 8.64. The largest absolute Gasteiger partial charge is 0.480 e. The van der Waals surface area contributed by atoms with Crippen molar-refractivity contribution in [3.8, 4) is 0 Å². The van der Waals surface area contributed by atoms with Gasteiger partial charge in [0.25, 0.3) is 11.8 Å². The summed E-state index contributed by atoms with van der Waals surface area (Å²) in [6, 6.07) is 6.75. The first-order valence-corrected chi connectivity index (χ1v) is 6.36. The molecule has 1 aliphatic heterocycles. The second-order valence-electron chi connectivity index (χ2n) is 4.79. The molecule has 0 aliphatic carbocycles. The number of likely N-dealkylation sites (N-methyl/N-ethyl adjacent to an activating group) is 1. The van der Waals surface area contributed by atoms with Gasteiger partial charge in [0, 0.05) is 13.1 Å². The van der Waals surface area contributed by atoms with Gasteiger partial charge in [0.2, 0.25) is 0 Å². The Kier molecular flexibility index (Phi) is 4.14. The first-order chi connectivity index (χ1) is 9.50. The molecule has 6 nitrogen and oxygen atoms in total. The van der Waals surface area contributed by atoms with E-state index in [4.69, 9.17) is 5.11 Å². The minimum atomic E-state index is -0.895. The summed E-state index contributed by atoms with van der Waals surface area (Å²) in [4.78, 5) is 37.5. The molecule has 2 rings (SSSR count). The molecule has 0 atom stereocenters. The lowest BCUT2D eigenvalue weighted by Crippen LogP contribution is -2.34. The van der Waals surface area contributed by atoms with Crippen LogP contribution in [-0.2, 0) is 4.79 Å². The number of benzene rings is 1. The van der Waals surface area contributed by atoms with E-state index in [1.165, 1.54) is 4.90 Å². The van der Waals surface area contributed by atoms with Crippen LogP contribution in [0.25, 0.3) is 0 Å². The third-order valence-corrected chi connectivity index (χ3v) is 3.20. The summed E-state index contributed by atoms with van der Waals surface area (Å²) in [6.07, 6.45) is 0.551. The number of hydrogen-bond acceptors (Lipinski definition) is 4. The van der Waals surface area contributed by atoms with Crippen LogP contribution in [0.3, 0.4) is 0 Å². The molecule has 6 heteroatoms. The van der Waals surface area contributed by atoms with Gasteiger partial charge < -0.3 is 5.11 Å². The number of amides is 2. The summed E-state index contributed by atoms with van der Waals surface area (Å²) in [7, 11) is 1.69. The maximum absolute atomic E-state index is 12.1. The molecular formula is C14H16N2O4. The highest BCUT2D eigenvalue weighted by Gasteiger charge is 2.34. The fourth-order valence-corrected chi connectivity index (χ4v) is 2.25. The van der Waals surface area contributed by atoms with Crippen molar-refractivity contribution >= 4 is 17.8 Å². The summed E-state index contributed by atoms with van der Waals surface area (Å²) < 4.78 is 0. The van der Waals surface area contributed by atoms with Gasteiger partial charge in [-0.3, -0.25) is 24.2 Å². The Hall–Kier alpha value is -2.21. The molecule has 20 heavy (non-hydrogen) atoms.